The lowest BCUT2D eigenvalue weighted by molar-refractivity contribution is 0.262. The van der Waals surface area contributed by atoms with E-state index in [0.29, 0.717) is 5.69 Å². The summed E-state index contributed by atoms with van der Waals surface area (Å²) in [6.07, 6.45) is 0. The Labute approximate surface area is 111 Å². The zero-order valence-corrected chi connectivity index (χ0v) is 10.8. The lowest BCUT2D eigenvalue weighted by Crippen LogP contribution is -2.20. The molecule has 0 aliphatic heterocycles. The van der Waals surface area contributed by atoms with E-state index in [-0.39, 0.29) is 11.8 Å². The summed E-state index contributed by atoms with van der Waals surface area (Å²) in [4.78, 5) is 11.8. The quantitative estimate of drug-likeness (QED) is 0.837. The highest BCUT2D eigenvalue weighted by atomic mass is 19.1. The minimum atomic E-state index is -0.390. The Morgan fingerprint density at radius 2 is 1.79 bits per heavy atom. The summed E-state index contributed by atoms with van der Waals surface area (Å²) in [5.74, 6) is -0.385. The number of benzene rings is 2. The SMILES string of the molecule is Cc1cccc(NC(=O)Nc2cccc(F)c2)c1C. The van der Waals surface area contributed by atoms with Crippen LogP contribution in [0.5, 0.6) is 0 Å². The summed E-state index contributed by atoms with van der Waals surface area (Å²) in [7, 11) is 0. The van der Waals surface area contributed by atoms with Crippen LogP contribution in [-0.4, -0.2) is 6.03 Å². The molecule has 0 heterocycles. The maximum atomic E-state index is 13.0. The molecule has 0 bridgehead atoms. The first kappa shape index (κ1) is 13.1. The average molecular weight is 258 g/mol. The molecule has 4 heteroatoms. The number of aryl methyl sites for hydroxylation is 1. The van der Waals surface area contributed by atoms with Crippen molar-refractivity contribution in [2.24, 2.45) is 0 Å². The van der Waals surface area contributed by atoms with Crippen LogP contribution in [0.1, 0.15) is 11.1 Å². The largest absolute Gasteiger partial charge is 0.323 e. The molecular weight excluding hydrogens is 243 g/mol. The smallest absolute Gasteiger partial charge is 0.308 e. The van der Waals surface area contributed by atoms with Crippen molar-refractivity contribution >= 4 is 17.4 Å². The molecule has 2 aromatic rings. The molecule has 0 saturated carbocycles. The molecule has 0 spiro atoms. The van der Waals surface area contributed by atoms with Gasteiger partial charge in [-0.05, 0) is 49.2 Å². The van der Waals surface area contributed by atoms with Crippen LogP contribution in [-0.2, 0) is 0 Å². The first-order valence-electron chi connectivity index (χ1n) is 5.96. The highest BCUT2D eigenvalue weighted by molar-refractivity contribution is 6.00. The zero-order valence-electron chi connectivity index (χ0n) is 10.8. The van der Waals surface area contributed by atoms with Gasteiger partial charge in [0, 0.05) is 11.4 Å². The van der Waals surface area contributed by atoms with Crippen LogP contribution < -0.4 is 10.6 Å². The maximum Gasteiger partial charge on any atom is 0.323 e. The number of rotatable bonds is 2. The van der Waals surface area contributed by atoms with Gasteiger partial charge in [-0.1, -0.05) is 18.2 Å². The molecule has 2 amide bonds. The molecule has 2 N–H and O–H groups in total. The number of halogens is 1. The minimum Gasteiger partial charge on any atom is -0.308 e. The highest BCUT2D eigenvalue weighted by Gasteiger charge is 2.06. The van der Waals surface area contributed by atoms with E-state index >= 15 is 0 Å². The molecular formula is C15H15FN2O. The second-order valence-electron chi connectivity index (χ2n) is 4.34. The molecule has 2 aromatic carbocycles. The van der Waals surface area contributed by atoms with E-state index in [9.17, 15) is 9.18 Å². The van der Waals surface area contributed by atoms with Crippen molar-refractivity contribution in [3.05, 3.63) is 59.4 Å². The fraction of sp³-hybridized carbons (Fsp3) is 0.133. The predicted octanol–water partition coefficient (Wildman–Crippen LogP) is 4.09. The number of nitrogens with one attached hydrogen (secondary N) is 2. The molecule has 0 aromatic heterocycles. The van der Waals surface area contributed by atoms with E-state index in [1.807, 2.05) is 32.0 Å². The van der Waals surface area contributed by atoms with Gasteiger partial charge in [0.1, 0.15) is 5.82 Å². The third kappa shape index (κ3) is 3.31. The number of hydrogen-bond donors (Lipinski definition) is 2. The first-order chi connectivity index (χ1) is 9.06. The molecule has 0 unspecified atom stereocenters. The van der Waals surface area contributed by atoms with Crippen LogP contribution in [0.15, 0.2) is 42.5 Å². The van der Waals surface area contributed by atoms with Gasteiger partial charge in [0.2, 0.25) is 0 Å². The summed E-state index contributed by atoms with van der Waals surface area (Å²) >= 11 is 0. The van der Waals surface area contributed by atoms with Crippen molar-refractivity contribution in [2.45, 2.75) is 13.8 Å². The third-order valence-electron chi connectivity index (χ3n) is 2.94. The topological polar surface area (TPSA) is 41.1 Å². The maximum absolute atomic E-state index is 13.0. The van der Waals surface area contributed by atoms with E-state index in [4.69, 9.17) is 0 Å². The summed E-state index contributed by atoms with van der Waals surface area (Å²) in [5.41, 5.74) is 3.28. The van der Waals surface area contributed by atoms with Gasteiger partial charge in [0.25, 0.3) is 0 Å². The molecule has 19 heavy (non-hydrogen) atoms. The summed E-state index contributed by atoms with van der Waals surface area (Å²) in [5, 5.41) is 5.33. The van der Waals surface area contributed by atoms with Gasteiger partial charge in [-0.25, -0.2) is 9.18 Å². The Morgan fingerprint density at radius 3 is 2.53 bits per heavy atom. The fourth-order valence-corrected chi connectivity index (χ4v) is 1.74. The van der Waals surface area contributed by atoms with Crippen molar-refractivity contribution in [3.8, 4) is 0 Å². The van der Waals surface area contributed by atoms with Gasteiger partial charge >= 0.3 is 6.03 Å². The molecule has 0 saturated heterocycles. The van der Waals surface area contributed by atoms with Crippen molar-refractivity contribution in [3.63, 3.8) is 0 Å². The van der Waals surface area contributed by atoms with Crippen LogP contribution in [0.4, 0.5) is 20.6 Å². The Balaban J connectivity index is 2.08. The number of carbonyl (C=O) groups excluding carboxylic acids is 1. The molecule has 0 fully saturated rings. The number of urea groups is 1. The van der Waals surface area contributed by atoms with Crippen LogP contribution in [0.3, 0.4) is 0 Å². The van der Waals surface area contributed by atoms with Crippen LogP contribution in [0, 0.1) is 19.7 Å². The van der Waals surface area contributed by atoms with E-state index in [1.54, 1.807) is 12.1 Å². The van der Waals surface area contributed by atoms with Crippen LogP contribution in [0.25, 0.3) is 0 Å². The molecule has 3 nitrogen and oxygen atoms in total. The Bertz CT molecular complexity index is 611. The van der Waals surface area contributed by atoms with Gasteiger partial charge in [0.15, 0.2) is 0 Å². The van der Waals surface area contributed by atoms with Crippen molar-refractivity contribution < 1.29 is 9.18 Å². The number of carbonyl (C=O) groups is 1. The summed E-state index contributed by atoms with van der Waals surface area (Å²) < 4.78 is 13.0. The zero-order chi connectivity index (χ0) is 13.8. The van der Waals surface area contributed by atoms with Gasteiger partial charge in [-0.15, -0.1) is 0 Å². The van der Waals surface area contributed by atoms with Crippen molar-refractivity contribution in [1.29, 1.82) is 0 Å². The third-order valence-corrected chi connectivity index (χ3v) is 2.94. The fourth-order valence-electron chi connectivity index (χ4n) is 1.74. The second-order valence-corrected chi connectivity index (χ2v) is 4.34. The minimum absolute atomic E-state index is 0.385. The second kappa shape index (κ2) is 5.52. The predicted molar refractivity (Wildman–Crippen MR) is 75.0 cm³/mol. The Kier molecular flexibility index (Phi) is 3.80. The monoisotopic (exact) mass is 258 g/mol. The van der Waals surface area contributed by atoms with Gasteiger partial charge < -0.3 is 10.6 Å². The Morgan fingerprint density at radius 1 is 1.05 bits per heavy atom. The normalized spacial score (nSPS) is 10.1. The van der Waals surface area contributed by atoms with E-state index in [0.717, 1.165) is 16.8 Å². The molecule has 2 rings (SSSR count). The highest BCUT2D eigenvalue weighted by Crippen LogP contribution is 2.18. The van der Waals surface area contributed by atoms with Crippen molar-refractivity contribution in [2.75, 3.05) is 10.6 Å². The van der Waals surface area contributed by atoms with Crippen LogP contribution >= 0.6 is 0 Å². The molecule has 0 atom stereocenters. The van der Waals surface area contributed by atoms with Crippen molar-refractivity contribution in [1.82, 2.24) is 0 Å². The van der Waals surface area contributed by atoms with E-state index < -0.39 is 0 Å². The lowest BCUT2D eigenvalue weighted by Gasteiger charge is -2.11. The number of anilines is 2. The van der Waals surface area contributed by atoms with Gasteiger partial charge in [0.05, 0.1) is 0 Å². The van der Waals surface area contributed by atoms with Gasteiger partial charge in [-0.3, -0.25) is 0 Å². The first-order valence-corrected chi connectivity index (χ1v) is 5.96. The number of amides is 2. The average Bonchev–Trinajstić information content (AvgIpc) is 2.35. The summed E-state index contributed by atoms with van der Waals surface area (Å²) in [6, 6.07) is 11.1. The van der Waals surface area contributed by atoms with E-state index in [2.05, 4.69) is 10.6 Å². The molecule has 0 aliphatic carbocycles. The molecule has 0 aliphatic rings. The lowest BCUT2D eigenvalue weighted by atomic mass is 10.1. The van der Waals surface area contributed by atoms with Crippen LogP contribution in [0.2, 0.25) is 0 Å². The van der Waals surface area contributed by atoms with Gasteiger partial charge in [-0.2, -0.15) is 0 Å². The summed E-state index contributed by atoms with van der Waals surface area (Å²) in [6.45, 7) is 3.91. The Hall–Kier alpha value is -2.36. The standard InChI is InChI=1S/C15H15FN2O/c1-10-5-3-8-14(11(10)2)18-15(19)17-13-7-4-6-12(16)9-13/h3-9H,1-2H3,(H2,17,18,19). The molecule has 98 valence electrons. The van der Waals surface area contributed by atoms with E-state index in [1.165, 1.54) is 12.1 Å². The number of hydrogen-bond acceptors (Lipinski definition) is 1. The molecule has 0 radical (unpaired) electrons.